The number of aromatic nitrogens is 2. The fourth-order valence-electron chi connectivity index (χ4n) is 1.78. The van der Waals surface area contributed by atoms with Gasteiger partial charge in [-0.15, -0.1) is 0 Å². The molecule has 0 fully saturated rings. The Morgan fingerprint density at radius 1 is 1.31 bits per heavy atom. The van der Waals surface area contributed by atoms with Crippen molar-refractivity contribution in [1.29, 1.82) is 5.26 Å². The third-order valence-electron chi connectivity index (χ3n) is 2.63. The van der Waals surface area contributed by atoms with Crippen LogP contribution in [-0.4, -0.2) is 9.55 Å². The van der Waals surface area contributed by atoms with Gasteiger partial charge in [0, 0.05) is 19.2 Å². The largest absolute Gasteiger partial charge is 0.334 e. The number of nitriles is 1. The van der Waals surface area contributed by atoms with Crippen LogP contribution in [0.15, 0.2) is 6.20 Å². The molecule has 1 aromatic rings. The van der Waals surface area contributed by atoms with E-state index >= 15 is 0 Å². The quantitative estimate of drug-likeness (QED) is 0.707. The van der Waals surface area contributed by atoms with E-state index in [1.807, 2.05) is 0 Å². The molecule has 0 saturated carbocycles. The molecule has 0 aromatic carbocycles. The zero-order valence-electron chi connectivity index (χ0n) is 10.4. The van der Waals surface area contributed by atoms with Gasteiger partial charge in [0.05, 0.1) is 18.2 Å². The molecule has 0 saturated heterocycles. The molecule has 0 aliphatic rings. The van der Waals surface area contributed by atoms with Crippen molar-refractivity contribution in [2.75, 3.05) is 0 Å². The Balaban J connectivity index is 2.70. The van der Waals surface area contributed by atoms with Crippen molar-refractivity contribution < 1.29 is 0 Å². The smallest absolute Gasteiger partial charge is 0.108 e. The third kappa shape index (κ3) is 3.69. The molecule has 1 heterocycles. The number of aryl methyl sites for hydroxylation is 3. The SMILES string of the molecule is CCCCc1cn(CCC#N)c(CCC)n1. The Bertz CT molecular complexity index is 347. The van der Waals surface area contributed by atoms with Crippen molar-refractivity contribution >= 4 is 0 Å². The fraction of sp³-hybridized carbons (Fsp3) is 0.692. The van der Waals surface area contributed by atoms with Crippen molar-refractivity contribution in [1.82, 2.24) is 9.55 Å². The number of hydrogen-bond acceptors (Lipinski definition) is 2. The first kappa shape index (κ1) is 12.8. The minimum Gasteiger partial charge on any atom is -0.334 e. The fourth-order valence-corrected chi connectivity index (χ4v) is 1.78. The zero-order chi connectivity index (χ0) is 11.8. The van der Waals surface area contributed by atoms with Gasteiger partial charge in [-0.05, 0) is 19.3 Å². The average Bonchev–Trinajstić information content (AvgIpc) is 2.67. The highest BCUT2D eigenvalue weighted by atomic mass is 15.1. The highest BCUT2D eigenvalue weighted by molar-refractivity contribution is 5.05. The number of unbranched alkanes of at least 4 members (excludes halogenated alkanes) is 1. The maximum Gasteiger partial charge on any atom is 0.108 e. The van der Waals surface area contributed by atoms with Crippen LogP contribution in [-0.2, 0) is 19.4 Å². The summed E-state index contributed by atoms with van der Waals surface area (Å²) in [5.74, 6) is 1.14. The Morgan fingerprint density at radius 3 is 2.75 bits per heavy atom. The van der Waals surface area contributed by atoms with Gasteiger partial charge in [-0.25, -0.2) is 4.98 Å². The van der Waals surface area contributed by atoms with Crippen LogP contribution in [0.5, 0.6) is 0 Å². The lowest BCUT2D eigenvalue weighted by Gasteiger charge is -2.02. The topological polar surface area (TPSA) is 41.6 Å². The Kier molecular flexibility index (Phi) is 5.63. The molecule has 16 heavy (non-hydrogen) atoms. The van der Waals surface area contributed by atoms with Crippen LogP contribution in [0, 0.1) is 11.3 Å². The highest BCUT2D eigenvalue weighted by Gasteiger charge is 2.06. The molecule has 0 spiro atoms. The summed E-state index contributed by atoms with van der Waals surface area (Å²) in [7, 11) is 0. The molecular formula is C13H21N3. The lowest BCUT2D eigenvalue weighted by atomic mass is 10.2. The Labute approximate surface area is 98.1 Å². The van der Waals surface area contributed by atoms with Crippen LogP contribution >= 0.6 is 0 Å². The average molecular weight is 219 g/mol. The molecule has 1 aromatic heterocycles. The van der Waals surface area contributed by atoms with E-state index in [9.17, 15) is 0 Å². The summed E-state index contributed by atoms with van der Waals surface area (Å²) < 4.78 is 2.15. The first-order valence-corrected chi connectivity index (χ1v) is 6.23. The monoisotopic (exact) mass is 219 g/mol. The summed E-state index contributed by atoms with van der Waals surface area (Å²) in [5, 5.41) is 8.61. The molecule has 0 bridgehead atoms. The second-order valence-corrected chi connectivity index (χ2v) is 4.10. The lowest BCUT2D eigenvalue weighted by molar-refractivity contribution is 0.655. The van der Waals surface area contributed by atoms with Crippen LogP contribution in [0.3, 0.4) is 0 Å². The lowest BCUT2D eigenvalue weighted by Crippen LogP contribution is -2.02. The highest BCUT2D eigenvalue weighted by Crippen LogP contribution is 2.09. The summed E-state index contributed by atoms with van der Waals surface area (Å²) in [6, 6.07) is 2.19. The molecule has 88 valence electrons. The predicted molar refractivity (Wildman–Crippen MR) is 65.1 cm³/mol. The molecule has 0 atom stereocenters. The van der Waals surface area contributed by atoms with E-state index in [0.29, 0.717) is 6.42 Å². The van der Waals surface area contributed by atoms with E-state index < -0.39 is 0 Å². The van der Waals surface area contributed by atoms with Crippen molar-refractivity contribution in [2.24, 2.45) is 0 Å². The van der Waals surface area contributed by atoms with E-state index in [1.54, 1.807) is 0 Å². The summed E-state index contributed by atoms with van der Waals surface area (Å²) >= 11 is 0. The maximum atomic E-state index is 8.61. The van der Waals surface area contributed by atoms with E-state index in [1.165, 1.54) is 18.5 Å². The van der Waals surface area contributed by atoms with Crippen LogP contribution < -0.4 is 0 Å². The number of nitrogens with zero attached hydrogens (tertiary/aromatic N) is 3. The van der Waals surface area contributed by atoms with Gasteiger partial charge in [-0.1, -0.05) is 20.3 Å². The minimum absolute atomic E-state index is 0.570. The number of rotatable bonds is 7. The van der Waals surface area contributed by atoms with Gasteiger partial charge in [0.15, 0.2) is 0 Å². The molecule has 1 rings (SSSR count). The molecule has 0 aliphatic carbocycles. The minimum atomic E-state index is 0.570. The van der Waals surface area contributed by atoms with Gasteiger partial charge >= 0.3 is 0 Å². The van der Waals surface area contributed by atoms with Crippen molar-refractivity contribution in [2.45, 2.75) is 58.9 Å². The van der Waals surface area contributed by atoms with Crippen molar-refractivity contribution in [3.8, 4) is 6.07 Å². The molecule has 3 heteroatoms. The summed E-state index contributed by atoms with van der Waals surface area (Å²) in [4.78, 5) is 4.64. The zero-order valence-corrected chi connectivity index (χ0v) is 10.4. The molecule has 0 amide bonds. The normalized spacial score (nSPS) is 10.3. The molecule has 0 N–H and O–H groups in total. The Hall–Kier alpha value is -1.30. The van der Waals surface area contributed by atoms with Crippen LogP contribution in [0.4, 0.5) is 0 Å². The van der Waals surface area contributed by atoms with E-state index in [0.717, 1.165) is 31.6 Å². The molecule has 0 aliphatic heterocycles. The second kappa shape index (κ2) is 7.05. The predicted octanol–water partition coefficient (Wildman–Crippen LogP) is 3.09. The van der Waals surface area contributed by atoms with Crippen LogP contribution in [0.1, 0.15) is 51.0 Å². The summed E-state index contributed by atoms with van der Waals surface area (Å²) in [5.41, 5.74) is 1.18. The van der Waals surface area contributed by atoms with Gasteiger partial charge in [-0.3, -0.25) is 0 Å². The van der Waals surface area contributed by atoms with Gasteiger partial charge in [0.25, 0.3) is 0 Å². The maximum absolute atomic E-state index is 8.61. The first-order chi connectivity index (χ1) is 7.81. The molecule has 3 nitrogen and oxygen atoms in total. The standard InChI is InChI=1S/C13H21N3/c1-3-5-8-12-11-16(10-6-9-14)13(15-12)7-4-2/h11H,3-8,10H2,1-2H3. The number of hydrogen-bond donors (Lipinski definition) is 0. The van der Waals surface area contributed by atoms with Gasteiger partial charge < -0.3 is 4.57 Å². The second-order valence-electron chi connectivity index (χ2n) is 4.10. The molecular weight excluding hydrogens is 198 g/mol. The third-order valence-corrected chi connectivity index (χ3v) is 2.63. The number of imidazole rings is 1. The van der Waals surface area contributed by atoms with Gasteiger partial charge in [-0.2, -0.15) is 5.26 Å². The van der Waals surface area contributed by atoms with Crippen molar-refractivity contribution in [3.05, 3.63) is 17.7 Å². The summed E-state index contributed by atoms with van der Waals surface area (Å²) in [6.07, 6.45) is 8.27. The van der Waals surface area contributed by atoms with E-state index in [4.69, 9.17) is 5.26 Å². The van der Waals surface area contributed by atoms with Gasteiger partial charge in [0.2, 0.25) is 0 Å². The van der Waals surface area contributed by atoms with Crippen LogP contribution in [0.25, 0.3) is 0 Å². The van der Waals surface area contributed by atoms with E-state index in [-0.39, 0.29) is 0 Å². The van der Waals surface area contributed by atoms with E-state index in [2.05, 4.69) is 35.7 Å². The molecule has 0 radical (unpaired) electrons. The van der Waals surface area contributed by atoms with Gasteiger partial charge in [0.1, 0.15) is 5.82 Å². The Morgan fingerprint density at radius 2 is 2.12 bits per heavy atom. The van der Waals surface area contributed by atoms with Crippen molar-refractivity contribution in [3.63, 3.8) is 0 Å². The summed E-state index contributed by atoms with van der Waals surface area (Å²) in [6.45, 7) is 5.14. The first-order valence-electron chi connectivity index (χ1n) is 6.23. The molecule has 0 unspecified atom stereocenters. The van der Waals surface area contributed by atoms with Crippen LogP contribution in [0.2, 0.25) is 0 Å².